The minimum Gasteiger partial charge on any atom is -0.342 e. The predicted octanol–water partition coefficient (Wildman–Crippen LogP) is 3.92. The number of piperazine rings is 1. The van der Waals surface area contributed by atoms with E-state index in [1.807, 2.05) is 23.6 Å². The molecule has 2 atom stereocenters. The van der Waals surface area contributed by atoms with Crippen molar-refractivity contribution >= 4 is 42.6 Å². The van der Waals surface area contributed by atoms with Crippen LogP contribution in [0.5, 0.6) is 0 Å². The van der Waals surface area contributed by atoms with Crippen LogP contribution < -0.4 is 4.90 Å². The van der Waals surface area contributed by atoms with Crippen LogP contribution in [-0.4, -0.2) is 40.0 Å². The summed E-state index contributed by atoms with van der Waals surface area (Å²) in [6.07, 6.45) is 3.13. The van der Waals surface area contributed by atoms with E-state index in [1.54, 1.807) is 0 Å². The maximum atomic E-state index is 4.86. The number of fused-ring (bicyclic) bond motifs is 3. The largest absolute Gasteiger partial charge is 0.342 e. The Morgan fingerprint density at radius 3 is 2.92 bits per heavy atom. The SMILES string of the molecule is Brc1ccc2nc(N3CC4CC3CN4Cc3ccccn3)sc2c1. The van der Waals surface area contributed by atoms with Gasteiger partial charge in [0, 0.05) is 42.4 Å². The molecule has 2 aliphatic rings. The molecule has 2 bridgehead atoms. The molecular formula is C18H17BrN4S. The maximum absolute atomic E-state index is 4.86. The summed E-state index contributed by atoms with van der Waals surface area (Å²) in [5.41, 5.74) is 2.27. The number of aromatic nitrogens is 2. The highest BCUT2D eigenvalue weighted by molar-refractivity contribution is 9.10. The third kappa shape index (κ3) is 2.53. The van der Waals surface area contributed by atoms with Crippen LogP contribution >= 0.6 is 27.3 Å². The van der Waals surface area contributed by atoms with Crippen molar-refractivity contribution < 1.29 is 0 Å². The second kappa shape index (κ2) is 5.79. The fraction of sp³-hybridized carbons (Fsp3) is 0.333. The molecule has 1 aromatic carbocycles. The summed E-state index contributed by atoms with van der Waals surface area (Å²) in [7, 11) is 0. The van der Waals surface area contributed by atoms with Gasteiger partial charge >= 0.3 is 0 Å². The Balaban J connectivity index is 1.34. The number of rotatable bonds is 3. The van der Waals surface area contributed by atoms with Crippen molar-refractivity contribution in [1.29, 1.82) is 0 Å². The molecule has 0 amide bonds. The minimum absolute atomic E-state index is 0.586. The van der Waals surface area contributed by atoms with E-state index in [0.29, 0.717) is 12.1 Å². The van der Waals surface area contributed by atoms with Gasteiger partial charge < -0.3 is 4.90 Å². The molecular weight excluding hydrogens is 384 g/mol. The van der Waals surface area contributed by atoms with Gasteiger partial charge in [-0.05, 0) is 36.8 Å². The van der Waals surface area contributed by atoms with Gasteiger partial charge in [0.15, 0.2) is 5.13 Å². The van der Waals surface area contributed by atoms with Crippen molar-refractivity contribution in [3.05, 3.63) is 52.8 Å². The Morgan fingerprint density at radius 1 is 1.17 bits per heavy atom. The van der Waals surface area contributed by atoms with Gasteiger partial charge in [0.2, 0.25) is 0 Å². The second-order valence-corrected chi connectivity index (χ2v) is 8.48. The average Bonchev–Trinajstić information content (AvgIpc) is 3.28. The molecule has 2 saturated heterocycles. The molecule has 0 N–H and O–H groups in total. The van der Waals surface area contributed by atoms with Crippen LogP contribution in [0.1, 0.15) is 12.1 Å². The van der Waals surface area contributed by atoms with Crippen molar-refractivity contribution in [2.75, 3.05) is 18.0 Å². The summed E-state index contributed by atoms with van der Waals surface area (Å²) in [5.74, 6) is 0. The Labute approximate surface area is 153 Å². The zero-order valence-electron chi connectivity index (χ0n) is 13.1. The molecule has 3 aromatic rings. The molecule has 2 aliphatic heterocycles. The van der Waals surface area contributed by atoms with Gasteiger partial charge in [-0.15, -0.1) is 0 Å². The monoisotopic (exact) mass is 400 g/mol. The molecule has 2 aromatic heterocycles. The maximum Gasteiger partial charge on any atom is 0.186 e. The first-order valence-corrected chi connectivity index (χ1v) is 9.84. The Hall–Kier alpha value is -1.50. The predicted molar refractivity (Wildman–Crippen MR) is 102 cm³/mol. The highest BCUT2D eigenvalue weighted by Crippen LogP contribution is 2.39. The molecule has 4 heterocycles. The Morgan fingerprint density at radius 2 is 2.12 bits per heavy atom. The average molecular weight is 401 g/mol. The topological polar surface area (TPSA) is 32.3 Å². The van der Waals surface area contributed by atoms with E-state index in [-0.39, 0.29) is 0 Å². The normalized spacial score (nSPS) is 23.5. The number of anilines is 1. The zero-order chi connectivity index (χ0) is 16.1. The van der Waals surface area contributed by atoms with Gasteiger partial charge in [0.05, 0.1) is 15.9 Å². The molecule has 5 rings (SSSR count). The van der Waals surface area contributed by atoms with Crippen LogP contribution in [-0.2, 0) is 6.54 Å². The summed E-state index contributed by atoms with van der Waals surface area (Å²) >= 11 is 5.36. The molecule has 6 heteroatoms. The number of thiazole rings is 1. The van der Waals surface area contributed by atoms with E-state index in [1.165, 1.54) is 21.9 Å². The lowest BCUT2D eigenvalue weighted by Crippen LogP contribution is -2.46. The van der Waals surface area contributed by atoms with Crippen molar-refractivity contribution in [3.8, 4) is 0 Å². The lowest BCUT2D eigenvalue weighted by molar-refractivity contribution is 0.228. The summed E-state index contributed by atoms with van der Waals surface area (Å²) in [5, 5.41) is 1.17. The number of nitrogens with zero attached hydrogens (tertiary/aromatic N) is 4. The fourth-order valence-electron chi connectivity index (χ4n) is 3.89. The molecule has 0 aliphatic carbocycles. The van der Waals surface area contributed by atoms with Gasteiger partial charge in [0.1, 0.15) is 0 Å². The fourth-order valence-corrected chi connectivity index (χ4v) is 5.48. The zero-order valence-corrected chi connectivity index (χ0v) is 15.5. The van der Waals surface area contributed by atoms with Gasteiger partial charge in [0.25, 0.3) is 0 Å². The quantitative estimate of drug-likeness (QED) is 0.666. The van der Waals surface area contributed by atoms with E-state index in [2.05, 4.69) is 61.0 Å². The first-order valence-electron chi connectivity index (χ1n) is 8.23. The first-order chi connectivity index (χ1) is 11.8. The number of hydrogen-bond donors (Lipinski definition) is 0. The standard InChI is InChI=1S/C18H17BrN4S/c19-12-4-5-16-17(7-12)24-18(21-16)23-11-14-8-15(23)10-22(14)9-13-3-1-2-6-20-13/h1-7,14-15H,8-11H2. The third-order valence-electron chi connectivity index (χ3n) is 5.03. The van der Waals surface area contributed by atoms with Crippen LogP contribution in [0.3, 0.4) is 0 Å². The number of likely N-dealkylation sites (tertiary alicyclic amines) is 1. The van der Waals surface area contributed by atoms with Crippen molar-refractivity contribution in [3.63, 3.8) is 0 Å². The van der Waals surface area contributed by atoms with E-state index in [4.69, 9.17) is 4.98 Å². The van der Waals surface area contributed by atoms with E-state index in [0.717, 1.165) is 29.6 Å². The number of hydrogen-bond acceptors (Lipinski definition) is 5. The molecule has 2 fully saturated rings. The number of halogens is 1. The second-order valence-electron chi connectivity index (χ2n) is 6.55. The summed E-state index contributed by atoms with van der Waals surface area (Å²) < 4.78 is 2.38. The molecule has 24 heavy (non-hydrogen) atoms. The van der Waals surface area contributed by atoms with Crippen LogP contribution in [0.4, 0.5) is 5.13 Å². The number of benzene rings is 1. The van der Waals surface area contributed by atoms with E-state index in [9.17, 15) is 0 Å². The first kappa shape index (κ1) is 14.8. The van der Waals surface area contributed by atoms with Crippen LogP contribution in [0.25, 0.3) is 10.2 Å². The van der Waals surface area contributed by atoms with E-state index < -0.39 is 0 Å². The van der Waals surface area contributed by atoms with Crippen LogP contribution in [0, 0.1) is 0 Å². The van der Waals surface area contributed by atoms with Gasteiger partial charge in [-0.25, -0.2) is 4.98 Å². The van der Waals surface area contributed by atoms with E-state index >= 15 is 0 Å². The lowest BCUT2D eigenvalue weighted by Gasteiger charge is -2.33. The third-order valence-corrected chi connectivity index (χ3v) is 6.58. The van der Waals surface area contributed by atoms with Crippen LogP contribution in [0.2, 0.25) is 0 Å². The highest BCUT2D eigenvalue weighted by atomic mass is 79.9. The number of pyridine rings is 1. The molecule has 0 spiro atoms. The lowest BCUT2D eigenvalue weighted by atomic mass is 10.2. The summed E-state index contributed by atoms with van der Waals surface area (Å²) in [4.78, 5) is 14.4. The molecule has 4 nitrogen and oxygen atoms in total. The Kier molecular flexibility index (Phi) is 3.57. The smallest absolute Gasteiger partial charge is 0.186 e. The molecule has 122 valence electrons. The van der Waals surface area contributed by atoms with Crippen molar-refractivity contribution in [2.24, 2.45) is 0 Å². The summed E-state index contributed by atoms with van der Waals surface area (Å²) in [6, 6.07) is 13.7. The van der Waals surface area contributed by atoms with Crippen LogP contribution in [0.15, 0.2) is 47.1 Å². The summed E-state index contributed by atoms with van der Waals surface area (Å²) in [6.45, 7) is 3.15. The van der Waals surface area contributed by atoms with Crippen molar-refractivity contribution in [1.82, 2.24) is 14.9 Å². The van der Waals surface area contributed by atoms with Gasteiger partial charge in [-0.2, -0.15) is 0 Å². The molecule has 2 unspecified atom stereocenters. The molecule has 0 saturated carbocycles. The Bertz CT molecular complexity index is 881. The minimum atomic E-state index is 0.586. The van der Waals surface area contributed by atoms with Crippen molar-refractivity contribution in [2.45, 2.75) is 25.0 Å². The van der Waals surface area contributed by atoms with Gasteiger partial charge in [-0.3, -0.25) is 9.88 Å². The molecule has 0 radical (unpaired) electrons. The van der Waals surface area contributed by atoms with Gasteiger partial charge in [-0.1, -0.05) is 33.3 Å². The highest BCUT2D eigenvalue weighted by Gasteiger charge is 2.44.